The van der Waals surface area contributed by atoms with E-state index in [2.05, 4.69) is 18.5 Å². The lowest BCUT2D eigenvalue weighted by atomic mass is 10.7. The van der Waals surface area contributed by atoms with Crippen molar-refractivity contribution >= 4 is 12.6 Å². The Morgan fingerprint density at radius 1 is 1.71 bits per heavy atom. The second-order valence-corrected chi connectivity index (χ2v) is 1.43. The van der Waals surface area contributed by atoms with Crippen molar-refractivity contribution in [3.05, 3.63) is 0 Å². The highest BCUT2D eigenvalue weighted by Gasteiger charge is 1.75. The van der Waals surface area contributed by atoms with Crippen LogP contribution in [0.5, 0.6) is 0 Å². The molecule has 40 valence electrons. The van der Waals surface area contributed by atoms with E-state index in [-0.39, 0.29) is 0 Å². The molecule has 0 bridgehead atoms. The van der Waals surface area contributed by atoms with Crippen LogP contribution in [0.1, 0.15) is 0 Å². The third kappa shape index (κ3) is 5.87. The minimum atomic E-state index is 0.403. The first-order valence-corrected chi connectivity index (χ1v) is 2.67. The zero-order valence-electron chi connectivity index (χ0n) is 4.05. The van der Waals surface area contributed by atoms with Gasteiger partial charge in [0.15, 0.2) is 0 Å². The van der Waals surface area contributed by atoms with Gasteiger partial charge in [0.05, 0.1) is 6.61 Å². The molecule has 0 heterocycles. The first-order chi connectivity index (χ1) is 3.41. The molecule has 0 aliphatic rings. The monoisotopic (exact) mass is 116 g/mol. The maximum atomic E-state index is 4.87. The van der Waals surface area contributed by atoms with Gasteiger partial charge in [0.25, 0.3) is 0 Å². The van der Waals surface area contributed by atoms with Crippen molar-refractivity contribution in [3.63, 3.8) is 0 Å². The first kappa shape index (κ1) is 6.87. The molecule has 0 aliphatic heterocycles. The maximum absolute atomic E-state index is 4.87. The van der Waals surface area contributed by atoms with E-state index in [1.165, 1.54) is 0 Å². The Morgan fingerprint density at radius 3 is 2.86 bits per heavy atom. The van der Waals surface area contributed by atoms with E-state index in [0.29, 0.717) is 13.2 Å². The van der Waals surface area contributed by atoms with Gasteiger partial charge in [0.1, 0.15) is 6.61 Å². The van der Waals surface area contributed by atoms with Gasteiger partial charge in [-0.2, -0.15) is 12.6 Å². The highest BCUT2D eigenvalue weighted by atomic mass is 32.1. The molecule has 0 amide bonds. The molecule has 1 nitrogen and oxygen atoms in total. The quantitative estimate of drug-likeness (QED) is 0.322. The van der Waals surface area contributed by atoms with Gasteiger partial charge in [-0.25, -0.2) is 0 Å². The van der Waals surface area contributed by atoms with Crippen LogP contribution in [0.25, 0.3) is 0 Å². The molecule has 7 heavy (non-hydrogen) atoms. The Hall–Kier alpha value is -0.130. The Bertz CT molecular complexity index is 65.0. The summed E-state index contributed by atoms with van der Waals surface area (Å²) in [6.07, 6.45) is 4.87. The summed E-state index contributed by atoms with van der Waals surface area (Å²) in [5, 5.41) is 0. The molecule has 0 aromatic heterocycles. The Morgan fingerprint density at radius 2 is 2.43 bits per heavy atom. The van der Waals surface area contributed by atoms with Crippen molar-refractivity contribution in [1.29, 1.82) is 0 Å². The SMILES string of the molecule is C#CCOCCS. The van der Waals surface area contributed by atoms with Crippen molar-refractivity contribution < 1.29 is 4.74 Å². The van der Waals surface area contributed by atoms with Gasteiger partial charge in [-0.3, -0.25) is 0 Å². The Labute approximate surface area is 49.5 Å². The second-order valence-electron chi connectivity index (χ2n) is 0.980. The van der Waals surface area contributed by atoms with Gasteiger partial charge in [0, 0.05) is 5.75 Å². The Kier molecular flexibility index (Phi) is 5.76. The predicted octanol–water partition coefficient (Wildman–Crippen LogP) is 0.566. The molecule has 0 radical (unpaired) electrons. The molecular weight excluding hydrogens is 108 g/mol. The standard InChI is InChI=1S/C5H8OS/c1-2-3-6-4-5-7/h1,7H,3-5H2. The maximum Gasteiger partial charge on any atom is 0.107 e. The van der Waals surface area contributed by atoms with E-state index >= 15 is 0 Å². The van der Waals surface area contributed by atoms with Gasteiger partial charge in [-0.15, -0.1) is 6.42 Å². The molecule has 0 saturated carbocycles. The lowest BCUT2D eigenvalue weighted by Gasteiger charge is -1.90. The van der Waals surface area contributed by atoms with Crippen LogP contribution in [-0.4, -0.2) is 19.0 Å². The summed E-state index contributed by atoms with van der Waals surface area (Å²) in [6.45, 7) is 1.05. The van der Waals surface area contributed by atoms with E-state index in [1.807, 2.05) is 0 Å². The van der Waals surface area contributed by atoms with Crippen LogP contribution in [0.15, 0.2) is 0 Å². The number of ether oxygens (including phenoxy) is 1. The molecular formula is C5H8OS. The predicted molar refractivity (Wildman–Crippen MR) is 33.5 cm³/mol. The van der Waals surface area contributed by atoms with E-state index in [1.54, 1.807) is 0 Å². The largest absolute Gasteiger partial charge is 0.368 e. The summed E-state index contributed by atoms with van der Waals surface area (Å²) in [6, 6.07) is 0. The van der Waals surface area contributed by atoms with Crippen LogP contribution in [0.4, 0.5) is 0 Å². The number of rotatable bonds is 3. The van der Waals surface area contributed by atoms with Crippen LogP contribution < -0.4 is 0 Å². The normalized spacial score (nSPS) is 8.00. The fourth-order valence-electron chi connectivity index (χ4n) is 0.196. The first-order valence-electron chi connectivity index (χ1n) is 2.04. The third-order valence-corrected chi connectivity index (χ3v) is 0.604. The number of hydrogen-bond donors (Lipinski definition) is 1. The van der Waals surface area contributed by atoms with Crippen LogP contribution in [-0.2, 0) is 4.74 Å². The fourth-order valence-corrected chi connectivity index (χ4v) is 0.325. The summed E-state index contributed by atoms with van der Waals surface area (Å²) in [5.74, 6) is 3.08. The number of terminal acetylenes is 1. The highest BCUT2D eigenvalue weighted by Crippen LogP contribution is 1.74. The lowest BCUT2D eigenvalue weighted by molar-refractivity contribution is 0.185. The van der Waals surface area contributed by atoms with E-state index < -0.39 is 0 Å². The molecule has 0 aromatic carbocycles. The number of thiol groups is 1. The molecule has 0 N–H and O–H groups in total. The third-order valence-electron chi connectivity index (χ3n) is 0.421. The summed E-state index contributed by atoms with van der Waals surface area (Å²) < 4.78 is 4.82. The Balaban J connectivity index is 2.60. The second kappa shape index (κ2) is 5.87. The van der Waals surface area contributed by atoms with Crippen LogP contribution in [0.2, 0.25) is 0 Å². The van der Waals surface area contributed by atoms with Crippen LogP contribution in [0, 0.1) is 12.3 Å². The van der Waals surface area contributed by atoms with E-state index in [4.69, 9.17) is 11.2 Å². The summed E-state index contributed by atoms with van der Waals surface area (Å²) in [7, 11) is 0. The average molecular weight is 116 g/mol. The highest BCUT2D eigenvalue weighted by molar-refractivity contribution is 7.80. The van der Waals surface area contributed by atoms with Crippen molar-refractivity contribution in [2.24, 2.45) is 0 Å². The molecule has 0 fully saturated rings. The molecule has 0 unspecified atom stereocenters. The summed E-state index contributed by atoms with van der Waals surface area (Å²) >= 11 is 3.90. The smallest absolute Gasteiger partial charge is 0.107 e. The van der Waals surface area contributed by atoms with Crippen molar-refractivity contribution in [2.75, 3.05) is 19.0 Å². The summed E-state index contributed by atoms with van der Waals surface area (Å²) in [5.41, 5.74) is 0. The summed E-state index contributed by atoms with van der Waals surface area (Å²) in [4.78, 5) is 0. The number of hydrogen-bond acceptors (Lipinski definition) is 2. The van der Waals surface area contributed by atoms with Crippen LogP contribution >= 0.6 is 12.6 Å². The molecule has 0 aliphatic carbocycles. The molecule has 0 saturated heterocycles. The van der Waals surface area contributed by atoms with Gasteiger partial charge >= 0.3 is 0 Å². The zero-order valence-corrected chi connectivity index (χ0v) is 4.95. The van der Waals surface area contributed by atoms with E-state index in [9.17, 15) is 0 Å². The molecule has 0 spiro atoms. The molecule has 0 rings (SSSR count). The molecule has 0 aromatic rings. The van der Waals surface area contributed by atoms with Gasteiger partial charge in [-0.1, -0.05) is 5.92 Å². The van der Waals surface area contributed by atoms with Gasteiger partial charge in [-0.05, 0) is 0 Å². The van der Waals surface area contributed by atoms with Crippen molar-refractivity contribution in [3.8, 4) is 12.3 Å². The molecule has 0 atom stereocenters. The fraction of sp³-hybridized carbons (Fsp3) is 0.600. The van der Waals surface area contributed by atoms with Gasteiger partial charge in [0.2, 0.25) is 0 Å². The minimum Gasteiger partial charge on any atom is -0.368 e. The van der Waals surface area contributed by atoms with Crippen molar-refractivity contribution in [1.82, 2.24) is 0 Å². The average Bonchev–Trinajstić information content (AvgIpc) is 1.69. The van der Waals surface area contributed by atoms with Crippen molar-refractivity contribution in [2.45, 2.75) is 0 Å². The van der Waals surface area contributed by atoms with E-state index in [0.717, 1.165) is 5.75 Å². The minimum absolute atomic E-state index is 0.403. The lowest BCUT2D eigenvalue weighted by Crippen LogP contribution is -1.94. The molecule has 2 heteroatoms. The van der Waals surface area contributed by atoms with Gasteiger partial charge < -0.3 is 4.74 Å². The zero-order chi connectivity index (χ0) is 5.54. The topological polar surface area (TPSA) is 9.23 Å². The van der Waals surface area contributed by atoms with Crippen LogP contribution in [0.3, 0.4) is 0 Å².